The number of amides is 1. The number of hydrogen-bond donors (Lipinski definition) is 3. The zero-order valence-electron chi connectivity index (χ0n) is 7.96. The van der Waals surface area contributed by atoms with Crippen molar-refractivity contribution in [1.29, 1.82) is 0 Å². The molecule has 1 aliphatic carbocycles. The van der Waals surface area contributed by atoms with Crippen LogP contribution < -0.4 is 17.0 Å². The van der Waals surface area contributed by atoms with E-state index in [2.05, 4.69) is 23.6 Å². The van der Waals surface area contributed by atoms with Crippen LogP contribution in [-0.2, 0) is 4.79 Å². The summed E-state index contributed by atoms with van der Waals surface area (Å²) in [7, 11) is 0. The Bertz CT molecular complexity index is 153. The van der Waals surface area contributed by atoms with E-state index in [-0.39, 0.29) is 5.91 Å². The van der Waals surface area contributed by atoms with Gasteiger partial charge in [-0.25, -0.2) is 0 Å². The average molecular weight is 185 g/mol. The van der Waals surface area contributed by atoms with E-state index in [0.717, 1.165) is 12.8 Å². The molecule has 1 aliphatic rings. The van der Waals surface area contributed by atoms with E-state index < -0.39 is 0 Å². The van der Waals surface area contributed by atoms with Crippen molar-refractivity contribution in [3.63, 3.8) is 0 Å². The Morgan fingerprint density at radius 3 is 2.31 bits per heavy atom. The van der Waals surface area contributed by atoms with Crippen LogP contribution in [0.2, 0.25) is 0 Å². The number of nitrogens with one attached hydrogen (secondary N) is 1. The minimum absolute atomic E-state index is 0.0306. The van der Waals surface area contributed by atoms with E-state index in [0.29, 0.717) is 6.04 Å². The minimum Gasteiger partial charge on any atom is -0.350 e. The summed E-state index contributed by atoms with van der Waals surface area (Å²) in [5.41, 5.74) is 0. The maximum Gasteiger partial charge on any atom is 0.243 e. The van der Waals surface area contributed by atoms with Crippen molar-refractivity contribution in [1.82, 2.24) is 5.32 Å². The Hall–Kier alpha value is -0.870. The lowest BCUT2D eigenvalue weighted by atomic mass is 9.95. The molecule has 0 aliphatic heterocycles. The smallest absolute Gasteiger partial charge is 0.243 e. The third-order valence-corrected chi connectivity index (χ3v) is 2.14. The third-order valence-electron chi connectivity index (χ3n) is 2.14. The van der Waals surface area contributed by atoms with Crippen LogP contribution in [0.5, 0.6) is 0 Å². The third kappa shape index (κ3) is 5.38. The van der Waals surface area contributed by atoms with Crippen molar-refractivity contribution in [2.24, 2.45) is 11.7 Å². The highest BCUT2D eigenvalue weighted by molar-refractivity contribution is 5.87. The Labute approximate surface area is 79.3 Å². The topological polar surface area (TPSA) is 81.1 Å². The van der Waals surface area contributed by atoms with Gasteiger partial charge in [0.1, 0.15) is 0 Å². The molecule has 1 saturated carbocycles. The SMILES string of the molecule is C=CC(=O)NC1CCCCC1.NN. The van der Waals surface area contributed by atoms with Gasteiger partial charge in [-0.1, -0.05) is 25.8 Å². The van der Waals surface area contributed by atoms with Crippen LogP contribution in [0.25, 0.3) is 0 Å². The van der Waals surface area contributed by atoms with Gasteiger partial charge in [0.2, 0.25) is 5.91 Å². The van der Waals surface area contributed by atoms with Crippen molar-refractivity contribution in [3.05, 3.63) is 12.7 Å². The lowest BCUT2D eigenvalue weighted by molar-refractivity contribution is -0.117. The molecule has 0 unspecified atom stereocenters. The average Bonchev–Trinajstić information content (AvgIpc) is 2.22. The molecule has 0 atom stereocenters. The summed E-state index contributed by atoms with van der Waals surface area (Å²) >= 11 is 0. The maximum atomic E-state index is 10.9. The van der Waals surface area contributed by atoms with Gasteiger partial charge in [0, 0.05) is 6.04 Å². The highest BCUT2D eigenvalue weighted by atomic mass is 16.1. The number of hydrazine groups is 1. The molecule has 1 rings (SSSR count). The number of rotatable bonds is 2. The van der Waals surface area contributed by atoms with Gasteiger partial charge in [0.15, 0.2) is 0 Å². The summed E-state index contributed by atoms with van der Waals surface area (Å²) < 4.78 is 0. The molecule has 0 bridgehead atoms. The quantitative estimate of drug-likeness (QED) is 0.332. The number of carbonyl (C=O) groups is 1. The molecule has 1 fully saturated rings. The summed E-state index contributed by atoms with van der Waals surface area (Å²) in [6.45, 7) is 3.41. The zero-order valence-corrected chi connectivity index (χ0v) is 7.96. The van der Waals surface area contributed by atoms with Crippen molar-refractivity contribution in [3.8, 4) is 0 Å². The molecule has 0 heterocycles. The lowest BCUT2D eigenvalue weighted by Gasteiger charge is -2.21. The van der Waals surface area contributed by atoms with Crippen molar-refractivity contribution >= 4 is 5.91 Å². The largest absolute Gasteiger partial charge is 0.350 e. The molecule has 0 spiro atoms. The van der Waals surface area contributed by atoms with Crippen LogP contribution in [0.1, 0.15) is 32.1 Å². The Kier molecular flexibility index (Phi) is 7.24. The zero-order chi connectivity index (χ0) is 10.1. The fraction of sp³-hybridized carbons (Fsp3) is 0.667. The first-order valence-corrected chi connectivity index (χ1v) is 4.59. The van der Waals surface area contributed by atoms with E-state index in [4.69, 9.17) is 0 Å². The van der Waals surface area contributed by atoms with E-state index in [9.17, 15) is 4.79 Å². The molecular weight excluding hydrogens is 166 g/mol. The first-order chi connectivity index (χ1) is 6.33. The monoisotopic (exact) mass is 185 g/mol. The predicted molar refractivity (Wildman–Crippen MR) is 53.6 cm³/mol. The van der Waals surface area contributed by atoms with Gasteiger partial charge < -0.3 is 5.32 Å². The fourth-order valence-electron chi connectivity index (χ4n) is 1.51. The molecule has 0 aromatic rings. The second-order valence-corrected chi connectivity index (χ2v) is 3.05. The van der Waals surface area contributed by atoms with Crippen LogP contribution in [0.15, 0.2) is 12.7 Å². The summed E-state index contributed by atoms with van der Waals surface area (Å²) in [5, 5.41) is 2.91. The molecule has 5 N–H and O–H groups in total. The standard InChI is InChI=1S/C9H15NO.H4N2/c1-2-9(11)10-8-6-4-3-5-7-8;1-2/h2,8H,1,3-7H2,(H,10,11);1-2H2. The lowest BCUT2D eigenvalue weighted by Crippen LogP contribution is -2.34. The van der Waals surface area contributed by atoms with Gasteiger partial charge >= 0.3 is 0 Å². The van der Waals surface area contributed by atoms with Crippen molar-refractivity contribution < 1.29 is 4.79 Å². The molecule has 0 radical (unpaired) electrons. The highest BCUT2D eigenvalue weighted by Gasteiger charge is 2.13. The van der Waals surface area contributed by atoms with Gasteiger partial charge in [-0.3, -0.25) is 16.5 Å². The van der Waals surface area contributed by atoms with Crippen LogP contribution in [0.3, 0.4) is 0 Å². The number of carbonyl (C=O) groups excluding carboxylic acids is 1. The first kappa shape index (κ1) is 12.1. The van der Waals surface area contributed by atoms with Crippen molar-refractivity contribution in [2.75, 3.05) is 0 Å². The maximum absolute atomic E-state index is 10.9. The minimum atomic E-state index is -0.0306. The van der Waals surface area contributed by atoms with Crippen molar-refractivity contribution in [2.45, 2.75) is 38.1 Å². The van der Waals surface area contributed by atoms with Crippen LogP contribution in [0, 0.1) is 0 Å². The normalized spacial score (nSPS) is 16.8. The van der Waals surface area contributed by atoms with E-state index >= 15 is 0 Å². The van der Waals surface area contributed by atoms with Gasteiger partial charge in [-0.15, -0.1) is 0 Å². The summed E-state index contributed by atoms with van der Waals surface area (Å²) in [4.78, 5) is 10.9. The molecule has 13 heavy (non-hydrogen) atoms. The number of nitrogens with two attached hydrogens (primary N) is 2. The van der Waals surface area contributed by atoms with Gasteiger partial charge in [-0.2, -0.15) is 0 Å². The number of hydrogen-bond acceptors (Lipinski definition) is 3. The Balaban J connectivity index is 0.000000671. The summed E-state index contributed by atoms with van der Waals surface area (Å²) in [6, 6.07) is 0.411. The van der Waals surface area contributed by atoms with Gasteiger partial charge in [0.25, 0.3) is 0 Å². The van der Waals surface area contributed by atoms with Gasteiger partial charge in [-0.05, 0) is 18.9 Å². The molecule has 0 saturated heterocycles. The molecular formula is C9H19N3O. The molecule has 1 amide bonds. The Morgan fingerprint density at radius 2 is 1.85 bits per heavy atom. The van der Waals surface area contributed by atoms with Crippen LogP contribution >= 0.6 is 0 Å². The second-order valence-electron chi connectivity index (χ2n) is 3.05. The molecule has 0 aromatic heterocycles. The molecule has 76 valence electrons. The highest BCUT2D eigenvalue weighted by Crippen LogP contribution is 2.16. The molecule has 4 heteroatoms. The Morgan fingerprint density at radius 1 is 1.31 bits per heavy atom. The summed E-state index contributed by atoms with van der Waals surface area (Å²) in [5.74, 6) is 7.97. The van der Waals surface area contributed by atoms with Crippen LogP contribution in [0.4, 0.5) is 0 Å². The van der Waals surface area contributed by atoms with Crippen LogP contribution in [-0.4, -0.2) is 11.9 Å². The van der Waals surface area contributed by atoms with Gasteiger partial charge in [0.05, 0.1) is 0 Å². The fourth-order valence-corrected chi connectivity index (χ4v) is 1.51. The second kappa shape index (κ2) is 7.76. The van der Waals surface area contributed by atoms with E-state index in [1.165, 1.54) is 25.3 Å². The predicted octanol–water partition coefficient (Wildman–Crippen LogP) is 0.440. The first-order valence-electron chi connectivity index (χ1n) is 4.59. The summed E-state index contributed by atoms with van der Waals surface area (Å²) in [6.07, 6.45) is 7.44. The van der Waals surface area contributed by atoms with E-state index in [1.54, 1.807) is 0 Å². The molecule has 0 aromatic carbocycles. The molecule has 4 nitrogen and oxygen atoms in total. The van der Waals surface area contributed by atoms with E-state index in [1.807, 2.05) is 0 Å².